The highest BCUT2D eigenvalue weighted by molar-refractivity contribution is 5.90. The van der Waals surface area contributed by atoms with Gasteiger partial charge in [0.25, 0.3) is 0 Å². The average Bonchev–Trinajstić information content (AvgIpc) is 2.67. The SMILES string of the molecule is C#CC#CC#CC#CC#COC(=O)c1ccc(-c2ccccc2C)cc1. The molecule has 2 heteroatoms. The van der Waals surface area contributed by atoms with E-state index in [1.165, 1.54) is 5.56 Å². The molecule has 0 saturated heterocycles. The van der Waals surface area contributed by atoms with E-state index in [0.29, 0.717) is 5.56 Å². The Morgan fingerprint density at radius 1 is 0.846 bits per heavy atom. The quantitative estimate of drug-likeness (QED) is 0.622. The molecule has 0 heterocycles. The minimum atomic E-state index is -0.540. The summed E-state index contributed by atoms with van der Waals surface area (Å²) in [5.41, 5.74) is 3.73. The Bertz CT molecular complexity index is 1100. The number of carbonyl (C=O) groups excluding carboxylic acids is 1. The van der Waals surface area contributed by atoms with Crippen LogP contribution in [0.5, 0.6) is 0 Å². The van der Waals surface area contributed by atoms with E-state index in [0.717, 1.165) is 11.1 Å². The maximum Gasteiger partial charge on any atom is 0.352 e. The van der Waals surface area contributed by atoms with Gasteiger partial charge in [0.15, 0.2) is 0 Å². The molecule has 2 rings (SSSR count). The summed E-state index contributed by atoms with van der Waals surface area (Å²) in [6.45, 7) is 2.04. The first-order valence-corrected chi connectivity index (χ1v) is 7.55. The van der Waals surface area contributed by atoms with Crippen molar-refractivity contribution < 1.29 is 9.53 Å². The van der Waals surface area contributed by atoms with Crippen LogP contribution < -0.4 is 0 Å². The number of esters is 1. The van der Waals surface area contributed by atoms with Gasteiger partial charge in [-0.2, -0.15) is 0 Å². The van der Waals surface area contributed by atoms with E-state index < -0.39 is 5.97 Å². The summed E-state index contributed by atoms with van der Waals surface area (Å²) in [7, 11) is 0. The third-order valence-electron chi connectivity index (χ3n) is 3.22. The molecule has 0 spiro atoms. The summed E-state index contributed by atoms with van der Waals surface area (Å²) >= 11 is 0. The lowest BCUT2D eigenvalue weighted by Crippen LogP contribution is -2.00. The molecule has 0 aliphatic rings. The van der Waals surface area contributed by atoms with Crippen molar-refractivity contribution in [3.05, 3.63) is 59.7 Å². The van der Waals surface area contributed by atoms with Gasteiger partial charge in [0.1, 0.15) is 6.11 Å². The first kappa shape index (κ1) is 18.1. The maximum atomic E-state index is 11.9. The molecule has 0 radical (unpaired) electrons. The van der Waals surface area contributed by atoms with E-state index in [1.54, 1.807) is 12.1 Å². The lowest BCUT2D eigenvalue weighted by molar-refractivity contribution is 0.0691. The van der Waals surface area contributed by atoms with Crippen LogP contribution in [-0.4, -0.2) is 5.97 Å². The van der Waals surface area contributed by atoms with Crippen molar-refractivity contribution in [2.24, 2.45) is 0 Å². The Morgan fingerprint density at radius 2 is 1.46 bits per heavy atom. The van der Waals surface area contributed by atoms with Crippen LogP contribution in [0.3, 0.4) is 0 Å². The standard InChI is InChI=1S/C24H12O2/c1-3-4-5-6-7-8-9-12-19-26-24(25)22-17-15-21(16-18-22)23-14-11-10-13-20(23)2/h1,10-11,13-18H,2H3. The third-order valence-corrected chi connectivity index (χ3v) is 3.22. The molecule has 0 unspecified atom stereocenters. The largest absolute Gasteiger partial charge is 0.367 e. The van der Waals surface area contributed by atoms with Crippen molar-refractivity contribution in [1.82, 2.24) is 0 Å². The molecule has 0 amide bonds. The molecule has 120 valence electrons. The highest BCUT2D eigenvalue weighted by Crippen LogP contribution is 2.23. The molecule has 0 N–H and O–H groups in total. The minimum absolute atomic E-state index is 0.411. The van der Waals surface area contributed by atoms with Crippen molar-refractivity contribution in [3.8, 4) is 71.0 Å². The van der Waals surface area contributed by atoms with Crippen molar-refractivity contribution in [3.63, 3.8) is 0 Å². The lowest BCUT2D eigenvalue weighted by Gasteiger charge is -2.06. The van der Waals surface area contributed by atoms with Gasteiger partial charge in [-0.05, 0) is 59.4 Å². The van der Waals surface area contributed by atoms with Crippen LogP contribution in [0.2, 0.25) is 0 Å². The van der Waals surface area contributed by atoms with Crippen LogP contribution in [-0.2, 0) is 4.74 Å². The zero-order valence-corrected chi connectivity index (χ0v) is 14.0. The molecular formula is C24H12O2. The zero-order chi connectivity index (χ0) is 18.6. The zero-order valence-electron chi connectivity index (χ0n) is 14.0. The Balaban J connectivity index is 1.98. The number of rotatable bonds is 2. The summed E-state index contributed by atoms with van der Waals surface area (Å²) in [5, 5.41) is 0. The van der Waals surface area contributed by atoms with Crippen LogP contribution in [0.25, 0.3) is 11.1 Å². The molecule has 26 heavy (non-hydrogen) atoms. The summed E-state index contributed by atoms with van der Waals surface area (Å²) < 4.78 is 4.84. The fraction of sp³-hybridized carbons (Fsp3) is 0.0417. The van der Waals surface area contributed by atoms with Crippen LogP contribution in [0.4, 0.5) is 0 Å². The molecule has 0 aliphatic carbocycles. The van der Waals surface area contributed by atoms with E-state index in [9.17, 15) is 4.79 Å². The Hall–Kier alpha value is -4.29. The number of benzene rings is 2. The Morgan fingerprint density at radius 3 is 2.12 bits per heavy atom. The molecule has 0 aromatic heterocycles. The van der Waals surface area contributed by atoms with Gasteiger partial charge in [0, 0.05) is 23.7 Å². The summed E-state index contributed by atoms with van der Waals surface area (Å²) in [5.74, 6) is 18.4. The molecular weight excluding hydrogens is 320 g/mol. The highest BCUT2D eigenvalue weighted by Gasteiger charge is 2.07. The van der Waals surface area contributed by atoms with Gasteiger partial charge < -0.3 is 4.74 Å². The fourth-order valence-electron chi connectivity index (χ4n) is 2.03. The molecule has 0 atom stereocenters. The number of hydrogen-bond acceptors (Lipinski definition) is 2. The van der Waals surface area contributed by atoms with Crippen molar-refractivity contribution in [2.45, 2.75) is 6.92 Å². The highest BCUT2D eigenvalue weighted by atomic mass is 16.5. The van der Waals surface area contributed by atoms with E-state index in [2.05, 4.69) is 53.5 Å². The van der Waals surface area contributed by atoms with E-state index in [-0.39, 0.29) is 0 Å². The van der Waals surface area contributed by atoms with Gasteiger partial charge in [0.05, 0.1) is 5.56 Å². The van der Waals surface area contributed by atoms with Gasteiger partial charge in [-0.25, -0.2) is 4.79 Å². The number of ether oxygens (including phenoxy) is 1. The van der Waals surface area contributed by atoms with E-state index in [4.69, 9.17) is 11.2 Å². The van der Waals surface area contributed by atoms with Gasteiger partial charge in [-0.1, -0.05) is 36.4 Å². The number of carbonyl (C=O) groups is 1. The molecule has 2 aromatic rings. The molecule has 0 aliphatic heterocycles. The topological polar surface area (TPSA) is 26.3 Å². The molecule has 2 aromatic carbocycles. The second-order valence-corrected chi connectivity index (χ2v) is 4.90. The van der Waals surface area contributed by atoms with Crippen LogP contribution in [0, 0.1) is 66.8 Å². The molecule has 2 nitrogen and oxygen atoms in total. The van der Waals surface area contributed by atoms with Gasteiger partial charge in [-0.15, -0.1) is 6.42 Å². The summed E-state index contributed by atoms with van der Waals surface area (Å²) in [4.78, 5) is 11.9. The van der Waals surface area contributed by atoms with E-state index >= 15 is 0 Å². The molecule has 0 bridgehead atoms. The summed E-state index contributed by atoms with van der Waals surface area (Å²) in [6, 6.07) is 15.2. The molecule has 0 fully saturated rings. The number of hydrogen-bond donors (Lipinski definition) is 0. The van der Waals surface area contributed by atoms with Crippen molar-refractivity contribution in [1.29, 1.82) is 0 Å². The van der Waals surface area contributed by atoms with Gasteiger partial charge in [-0.3, -0.25) is 0 Å². The predicted octanol–water partition coefficient (Wildman–Crippen LogP) is 3.42. The number of aryl methyl sites for hydroxylation is 1. The monoisotopic (exact) mass is 332 g/mol. The predicted molar refractivity (Wildman–Crippen MR) is 102 cm³/mol. The van der Waals surface area contributed by atoms with Crippen LogP contribution >= 0.6 is 0 Å². The van der Waals surface area contributed by atoms with Crippen LogP contribution in [0.15, 0.2) is 48.5 Å². The second kappa shape index (κ2) is 9.76. The first-order valence-electron chi connectivity index (χ1n) is 7.55. The fourth-order valence-corrected chi connectivity index (χ4v) is 2.03. The normalized spacial score (nSPS) is 7.85. The average molecular weight is 332 g/mol. The van der Waals surface area contributed by atoms with Gasteiger partial charge in [0.2, 0.25) is 0 Å². The molecule has 0 saturated carbocycles. The third kappa shape index (κ3) is 5.41. The second-order valence-electron chi connectivity index (χ2n) is 4.90. The van der Waals surface area contributed by atoms with Crippen molar-refractivity contribution >= 4 is 5.97 Å². The van der Waals surface area contributed by atoms with Gasteiger partial charge >= 0.3 is 5.97 Å². The maximum absolute atomic E-state index is 11.9. The number of terminal acetylenes is 1. The Kier molecular flexibility index (Phi) is 6.78. The minimum Gasteiger partial charge on any atom is -0.367 e. The Labute approximate surface area is 153 Å². The van der Waals surface area contributed by atoms with E-state index in [1.807, 2.05) is 43.3 Å². The summed E-state index contributed by atoms with van der Waals surface area (Å²) in [6.07, 6.45) is 7.16. The first-order chi connectivity index (χ1) is 12.7. The van der Waals surface area contributed by atoms with Crippen molar-refractivity contribution in [2.75, 3.05) is 0 Å². The smallest absolute Gasteiger partial charge is 0.352 e. The van der Waals surface area contributed by atoms with Crippen LogP contribution in [0.1, 0.15) is 15.9 Å². The lowest BCUT2D eigenvalue weighted by atomic mass is 10.00.